The van der Waals surface area contributed by atoms with E-state index in [1.54, 1.807) is 21.9 Å². The first kappa shape index (κ1) is 22.8. The number of nitrogens with zero attached hydrogens (tertiary/aromatic N) is 2. The lowest BCUT2D eigenvalue weighted by Gasteiger charge is -2.27. The summed E-state index contributed by atoms with van der Waals surface area (Å²) >= 11 is 0. The third-order valence-corrected chi connectivity index (χ3v) is 7.01. The second-order valence-electron chi connectivity index (χ2n) is 9.36. The van der Waals surface area contributed by atoms with Gasteiger partial charge in [0, 0.05) is 12.1 Å². The number of benzene rings is 3. The van der Waals surface area contributed by atoms with Gasteiger partial charge in [0.15, 0.2) is 0 Å². The minimum atomic E-state index is -0.461. The minimum absolute atomic E-state index is 0.0935. The van der Waals surface area contributed by atoms with Crippen molar-refractivity contribution in [1.82, 2.24) is 10.2 Å². The number of carbonyl (C=O) groups excluding carboxylic acids is 3. The third kappa shape index (κ3) is 4.32. The van der Waals surface area contributed by atoms with Crippen molar-refractivity contribution >= 4 is 23.4 Å². The smallest absolute Gasteiger partial charge is 0.256 e. The summed E-state index contributed by atoms with van der Waals surface area (Å²) in [6, 6.07) is 22.1. The Hall–Kier alpha value is -3.93. The summed E-state index contributed by atoms with van der Waals surface area (Å²) in [7, 11) is 0. The number of anilines is 1. The van der Waals surface area contributed by atoms with Gasteiger partial charge in [-0.3, -0.25) is 14.4 Å². The first-order chi connectivity index (χ1) is 16.9. The van der Waals surface area contributed by atoms with Crippen LogP contribution >= 0.6 is 0 Å². The molecular weight excluding hydrogens is 438 g/mol. The van der Waals surface area contributed by atoms with Gasteiger partial charge in [-0.15, -0.1) is 0 Å². The van der Waals surface area contributed by atoms with E-state index < -0.39 is 6.04 Å². The summed E-state index contributed by atoms with van der Waals surface area (Å²) < 4.78 is 0. The summed E-state index contributed by atoms with van der Waals surface area (Å²) in [5, 5.41) is 3.09. The van der Waals surface area contributed by atoms with Gasteiger partial charge in [-0.2, -0.15) is 0 Å². The predicted molar refractivity (Wildman–Crippen MR) is 135 cm³/mol. The fourth-order valence-corrected chi connectivity index (χ4v) is 5.04. The van der Waals surface area contributed by atoms with Crippen molar-refractivity contribution in [3.05, 3.63) is 101 Å². The van der Waals surface area contributed by atoms with E-state index in [4.69, 9.17) is 0 Å². The van der Waals surface area contributed by atoms with Crippen molar-refractivity contribution in [2.75, 3.05) is 11.4 Å². The summed E-state index contributed by atoms with van der Waals surface area (Å²) in [4.78, 5) is 43.5. The van der Waals surface area contributed by atoms with Gasteiger partial charge in [0.05, 0.1) is 23.8 Å². The molecule has 0 radical (unpaired) electrons. The maximum absolute atomic E-state index is 13.6. The van der Waals surface area contributed by atoms with Gasteiger partial charge < -0.3 is 15.1 Å². The average molecular weight is 468 g/mol. The minimum Gasteiger partial charge on any atom is -0.346 e. The molecule has 35 heavy (non-hydrogen) atoms. The highest BCUT2D eigenvalue weighted by Crippen LogP contribution is 2.33. The number of rotatable bonds is 5. The van der Waals surface area contributed by atoms with Gasteiger partial charge in [0.2, 0.25) is 5.91 Å². The van der Waals surface area contributed by atoms with Crippen LogP contribution in [0.5, 0.6) is 0 Å². The highest BCUT2D eigenvalue weighted by molar-refractivity contribution is 6.11. The Bertz CT molecular complexity index is 1280. The molecule has 0 saturated carbocycles. The lowest BCUT2D eigenvalue weighted by atomic mass is 10.0. The molecule has 2 atom stereocenters. The molecule has 3 amide bonds. The van der Waals surface area contributed by atoms with E-state index in [1.807, 2.05) is 74.5 Å². The molecule has 178 valence electrons. The van der Waals surface area contributed by atoms with Crippen molar-refractivity contribution in [2.24, 2.45) is 0 Å². The summed E-state index contributed by atoms with van der Waals surface area (Å²) in [5.74, 6) is -0.385. The maximum atomic E-state index is 13.6. The van der Waals surface area contributed by atoms with Crippen molar-refractivity contribution in [3.63, 3.8) is 0 Å². The van der Waals surface area contributed by atoms with Gasteiger partial charge >= 0.3 is 0 Å². The molecule has 2 aliphatic heterocycles. The molecule has 6 heteroatoms. The Labute approximate surface area is 205 Å². The lowest BCUT2D eigenvalue weighted by molar-refractivity contribution is -0.122. The third-order valence-electron chi connectivity index (χ3n) is 7.01. The zero-order valence-corrected chi connectivity index (χ0v) is 20.0. The number of amides is 3. The molecule has 3 aromatic carbocycles. The first-order valence-electron chi connectivity index (χ1n) is 12.1. The molecule has 2 aliphatic rings. The quantitative estimate of drug-likeness (QED) is 0.595. The van der Waals surface area contributed by atoms with Crippen LogP contribution in [-0.4, -0.2) is 35.2 Å². The van der Waals surface area contributed by atoms with E-state index in [0.717, 1.165) is 17.5 Å². The van der Waals surface area contributed by atoms with E-state index in [9.17, 15) is 14.4 Å². The maximum Gasteiger partial charge on any atom is 0.256 e. The second-order valence-corrected chi connectivity index (χ2v) is 9.36. The van der Waals surface area contributed by atoms with Crippen molar-refractivity contribution in [3.8, 4) is 0 Å². The highest BCUT2D eigenvalue weighted by atomic mass is 16.2. The molecular formula is C29H29N3O3. The number of hydrogen-bond acceptors (Lipinski definition) is 3. The SMILES string of the molecule is Cc1ccc([C@H](C)NC(=O)c2ccccc2CN2C(=O)[C@H]3CCCN3C(=O)c3ccccc32)cc1. The first-order valence-corrected chi connectivity index (χ1v) is 12.1. The number of para-hydroxylation sites is 1. The average Bonchev–Trinajstić information content (AvgIpc) is 3.34. The highest BCUT2D eigenvalue weighted by Gasteiger charge is 2.42. The van der Waals surface area contributed by atoms with E-state index in [1.165, 1.54) is 5.56 Å². The molecule has 1 saturated heterocycles. The van der Waals surface area contributed by atoms with Crippen LogP contribution < -0.4 is 10.2 Å². The Balaban J connectivity index is 1.45. The lowest BCUT2D eigenvalue weighted by Crippen LogP contribution is -2.44. The Kier molecular flexibility index (Phi) is 6.12. The van der Waals surface area contributed by atoms with Crippen LogP contribution in [0.3, 0.4) is 0 Å². The molecule has 0 aromatic heterocycles. The van der Waals surface area contributed by atoms with E-state index >= 15 is 0 Å². The molecule has 6 nitrogen and oxygen atoms in total. The number of nitrogens with one attached hydrogen (secondary N) is 1. The molecule has 0 bridgehead atoms. The molecule has 5 rings (SSSR count). The fraction of sp³-hybridized carbons (Fsp3) is 0.276. The molecule has 1 fully saturated rings. The standard InChI is InChI=1S/C29H29N3O3/c1-19-13-15-21(16-14-19)20(2)30-27(33)23-9-4-3-8-22(23)18-32-25-11-6-5-10-24(25)28(34)31-17-7-12-26(31)29(32)35/h3-6,8-11,13-16,20,26H,7,12,17-18H2,1-2H3,(H,30,33)/t20-,26+/m0/s1. The Morgan fingerprint density at radius 3 is 2.51 bits per heavy atom. The van der Waals surface area contributed by atoms with Crippen LogP contribution in [0, 0.1) is 6.92 Å². The largest absolute Gasteiger partial charge is 0.346 e. The number of hydrogen-bond donors (Lipinski definition) is 1. The topological polar surface area (TPSA) is 69.7 Å². The molecule has 0 unspecified atom stereocenters. The van der Waals surface area contributed by atoms with Gasteiger partial charge in [-0.05, 0) is 56.0 Å². The van der Waals surface area contributed by atoms with Crippen molar-refractivity contribution in [2.45, 2.75) is 45.3 Å². The number of carbonyl (C=O) groups is 3. The monoisotopic (exact) mass is 467 g/mol. The molecule has 3 aromatic rings. The van der Waals surface area contributed by atoms with Crippen LogP contribution in [-0.2, 0) is 11.3 Å². The predicted octanol–water partition coefficient (Wildman–Crippen LogP) is 4.64. The van der Waals surface area contributed by atoms with Crippen LogP contribution in [0.2, 0.25) is 0 Å². The van der Waals surface area contributed by atoms with Crippen molar-refractivity contribution < 1.29 is 14.4 Å². The zero-order valence-electron chi connectivity index (χ0n) is 20.0. The second kappa shape index (κ2) is 9.37. The summed E-state index contributed by atoms with van der Waals surface area (Å²) in [5.41, 5.74) is 4.58. The number of aryl methyl sites for hydroxylation is 1. The van der Waals surface area contributed by atoms with Gasteiger partial charge in [-0.1, -0.05) is 60.2 Å². The Morgan fingerprint density at radius 2 is 1.71 bits per heavy atom. The van der Waals surface area contributed by atoms with E-state index in [-0.39, 0.29) is 30.3 Å². The van der Waals surface area contributed by atoms with Crippen LogP contribution in [0.4, 0.5) is 5.69 Å². The molecule has 1 N–H and O–H groups in total. The van der Waals surface area contributed by atoms with Gasteiger partial charge in [0.25, 0.3) is 11.8 Å². The summed E-state index contributed by atoms with van der Waals surface area (Å²) in [6.45, 7) is 4.80. The Morgan fingerprint density at radius 1 is 1.00 bits per heavy atom. The zero-order chi connectivity index (χ0) is 24.5. The summed E-state index contributed by atoms with van der Waals surface area (Å²) in [6.07, 6.45) is 1.47. The normalized spacial score (nSPS) is 18.1. The van der Waals surface area contributed by atoms with E-state index in [0.29, 0.717) is 29.8 Å². The number of fused-ring (bicyclic) bond motifs is 2. The van der Waals surface area contributed by atoms with Crippen molar-refractivity contribution in [1.29, 1.82) is 0 Å². The van der Waals surface area contributed by atoms with Crippen LogP contribution in [0.15, 0.2) is 72.8 Å². The fourth-order valence-electron chi connectivity index (χ4n) is 5.04. The van der Waals surface area contributed by atoms with Crippen LogP contribution in [0.25, 0.3) is 0 Å². The van der Waals surface area contributed by atoms with E-state index in [2.05, 4.69) is 5.32 Å². The van der Waals surface area contributed by atoms with Gasteiger partial charge in [-0.25, -0.2) is 0 Å². The van der Waals surface area contributed by atoms with Gasteiger partial charge in [0.1, 0.15) is 6.04 Å². The molecule has 0 aliphatic carbocycles. The molecule has 2 heterocycles. The van der Waals surface area contributed by atoms with Crippen LogP contribution in [0.1, 0.15) is 63.2 Å². The molecule has 0 spiro atoms.